The lowest BCUT2D eigenvalue weighted by Crippen LogP contribution is -2.00. The van der Waals surface area contributed by atoms with Gasteiger partial charge in [-0.25, -0.2) is 0 Å². The molecule has 0 saturated heterocycles. The van der Waals surface area contributed by atoms with Crippen LogP contribution in [0.15, 0.2) is 48.7 Å². The zero-order valence-corrected chi connectivity index (χ0v) is 11.8. The number of hydrogen-bond donors (Lipinski definition) is 3. The van der Waals surface area contributed by atoms with Crippen LogP contribution in [0.2, 0.25) is 5.02 Å². The summed E-state index contributed by atoms with van der Waals surface area (Å²) < 4.78 is 0. The van der Waals surface area contributed by atoms with Gasteiger partial charge in [0.15, 0.2) is 11.5 Å². The van der Waals surface area contributed by atoms with Crippen molar-refractivity contribution in [1.82, 2.24) is 4.98 Å². The van der Waals surface area contributed by atoms with Crippen LogP contribution in [-0.4, -0.2) is 15.2 Å². The van der Waals surface area contributed by atoms with Crippen LogP contribution in [0, 0.1) is 0 Å². The summed E-state index contributed by atoms with van der Waals surface area (Å²) >= 11 is 6.13. The molecule has 0 aliphatic carbocycles. The summed E-state index contributed by atoms with van der Waals surface area (Å²) in [5, 5.41) is 23.6. The van der Waals surface area contributed by atoms with Gasteiger partial charge in [0.25, 0.3) is 0 Å². The Morgan fingerprint density at radius 1 is 1.05 bits per heavy atom. The van der Waals surface area contributed by atoms with E-state index in [0.717, 1.165) is 22.2 Å². The minimum absolute atomic E-state index is 0.125. The minimum atomic E-state index is -0.128. The fourth-order valence-corrected chi connectivity index (χ4v) is 2.38. The zero-order valence-electron chi connectivity index (χ0n) is 11.0. The Kier molecular flexibility index (Phi) is 3.54. The van der Waals surface area contributed by atoms with Crippen molar-refractivity contribution < 1.29 is 10.2 Å². The van der Waals surface area contributed by atoms with E-state index in [1.807, 2.05) is 18.2 Å². The van der Waals surface area contributed by atoms with Gasteiger partial charge in [0, 0.05) is 23.8 Å². The molecule has 0 amide bonds. The van der Waals surface area contributed by atoms with E-state index in [1.54, 1.807) is 18.3 Å². The molecule has 1 heterocycles. The Bertz CT molecular complexity index is 805. The lowest BCUT2D eigenvalue weighted by atomic mass is 10.1. The van der Waals surface area contributed by atoms with Crippen molar-refractivity contribution in [3.63, 3.8) is 0 Å². The highest BCUT2D eigenvalue weighted by Crippen LogP contribution is 2.29. The molecular weight excluding hydrogens is 288 g/mol. The van der Waals surface area contributed by atoms with E-state index < -0.39 is 0 Å². The van der Waals surface area contributed by atoms with E-state index in [-0.39, 0.29) is 11.5 Å². The predicted octanol–water partition coefficient (Wildman–Crippen LogP) is 3.91. The number of benzene rings is 2. The molecule has 21 heavy (non-hydrogen) atoms. The second-order valence-electron chi connectivity index (χ2n) is 4.67. The molecule has 0 unspecified atom stereocenters. The third-order valence-electron chi connectivity index (χ3n) is 3.24. The number of aromatic hydroxyl groups is 2. The van der Waals surface area contributed by atoms with Gasteiger partial charge in [0.05, 0.1) is 10.5 Å². The third kappa shape index (κ3) is 2.71. The number of halogens is 1. The lowest BCUT2D eigenvalue weighted by molar-refractivity contribution is 0.403. The van der Waals surface area contributed by atoms with Gasteiger partial charge >= 0.3 is 0 Å². The first-order chi connectivity index (χ1) is 10.1. The number of rotatable bonds is 3. The molecule has 2 aromatic carbocycles. The van der Waals surface area contributed by atoms with Crippen LogP contribution < -0.4 is 5.32 Å². The Morgan fingerprint density at radius 2 is 1.90 bits per heavy atom. The standard InChI is InChI=1S/C16H13ClN2O2/c17-12-4-5-13(11-2-1-7-18-16(11)12)19-9-10-3-6-14(20)15(21)8-10/h1-8,19-21H,9H2. The number of anilines is 1. The molecule has 0 bridgehead atoms. The predicted molar refractivity (Wildman–Crippen MR) is 83.9 cm³/mol. The summed E-state index contributed by atoms with van der Waals surface area (Å²) in [5.74, 6) is -0.253. The van der Waals surface area contributed by atoms with Crippen LogP contribution in [0.5, 0.6) is 11.5 Å². The first kappa shape index (κ1) is 13.5. The Labute approximate surface area is 126 Å². The van der Waals surface area contributed by atoms with Gasteiger partial charge in [-0.15, -0.1) is 0 Å². The number of nitrogens with one attached hydrogen (secondary N) is 1. The highest BCUT2D eigenvalue weighted by Gasteiger charge is 2.06. The molecule has 0 aliphatic rings. The van der Waals surface area contributed by atoms with Gasteiger partial charge < -0.3 is 15.5 Å². The maximum Gasteiger partial charge on any atom is 0.157 e. The molecule has 0 radical (unpaired) electrons. The average Bonchev–Trinajstić information content (AvgIpc) is 2.50. The van der Waals surface area contributed by atoms with E-state index in [9.17, 15) is 10.2 Å². The number of phenols is 2. The normalized spacial score (nSPS) is 10.7. The summed E-state index contributed by atoms with van der Waals surface area (Å²) in [6.07, 6.45) is 1.70. The smallest absolute Gasteiger partial charge is 0.157 e. The van der Waals surface area contributed by atoms with Gasteiger partial charge in [0.1, 0.15) is 0 Å². The summed E-state index contributed by atoms with van der Waals surface area (Å²) in [4.78, 5) is 4.28. The SMILES string of the molecule is Oc1ccc(CNc2ccc(Cl)c3ncccc23)cc1O. The van der Waals surface area contributed by atoms with Crippen molar-refractivity contribution in [2.45, 2.75) is 6.54 Å². The van der Waals surface area contributed by atoms with Gasteiger partial charge in [0.2, 0.25) is 0 Å². The van der Waals surface area contributed by atoms with Crippen LogP contribution in [-0.2, 0) is 6.54 Å². The Hall–Kier alpha value is -2.46. The van der Waals surface area contributed by atoms with Crippen LogP contribution in [0.25, 0.3) is 10.9 Å². The number of aromatic nitrogens is 1. The van der Waals surface area contributed by atoms with Crippen molar-refractivity contribution in [3.8, 4) is 11.5 Å². The van der Waals surface area contributed by atoms with E-state index in [2.05, 4.69) is 10.3 Å². The van der Waals surface area contributed by atoms with Gasteiger partial charge in [-0.1, -0.05) is 17.7 Å². The Morgan fingerprint density at radius 3 is 2.71 bits per heavy atom. The van der Waals surface area contributed by atoms with Crippen LogP contribution in [0.4, 0.5) is 5.69 Å². The fraction of sp³-hybridized carbons (Fsp3) is 0.0625. The van der Waals surface area contributed by atoms with Crippen molar-refractivity contribution in [1.29, 1.82) is 0 Å². The largest absolute Gasteiger partial charge is 0.504 e. The molecule has 0 fully saturated rings. The third-order valence-corrected chi connectivity index (χ3v) is 3.55. The maximum atomic E-state index is 9.50. The number of nitrogens with zero attached hydrogens (tertiary/aromatic N) is 1. The lowest BCUT2D eigenvalue weighted by Gasteiger charge is -2.11. The van der Waals surface area contributed by atoms with Crippen molar-refractivity contribution >= 4 is 28.2 Å². The molecule has 0 aliphatic heterocycles. The van der Waals surface area contributed by atoms with Crippen molar-refractivity contribution in [3.05, 3.63) is 59.2 Å². The van der Waals surface area contributed by atoms with E-state index in [4.69, 9.17) is 11.6 Å². The first-order valence-electron chi connectivity index (χ1n) is 6.43. The molecule has 106 valence electrons. The van der Waals surface area contributed by atoms with Crippen LogP contribution in [0.1, 0.15) is 5.56 Å². The first-order valence-corrected chi connectivity index (χ1v) is 6.81. The maximum absolute atomic E-state index is 9.50. The van der Waals surface area contributed by atoms with Crippen molar-refractivity contribution in [2.24, 2.45) is 0 Å². The van der Waals surface area contributed by atoms with Crippen LogP contribution in [0.3, 0.4) is 0 Å². The van der Waals surface area contributed by atoms with E-state index in [0.29, 0.717) is 11.6 Å². The summed E-state index contributed by atoms with van der Waals surface area (Å²) in [5.41, 5.74) is 2.52. The second kappa shape index (κ2) is 5.50. The number of phenolic OH excluding ortho intramolecular Hbond substituents is 2. The topological polar surface area (TPSA) is 65.4 Å². The fourth-order valence-electron chi connectivity index (χ4n) is 2.17. The van der Waals surface area contributed by atoms with Gasteiger partial charge in [-0.2, -0.15) is 0 Å². The van der Waals surface area contributed by atoms with Crippen LogP contribution >= 0.6 is 11.6 Å². The summed E-state index contributed by atoms with van der Waals surface area (Å²) in [7, 11) is 0. The minimum Gasteiger partial charge on any atom is -0.504 e. The number of pyridine rings is 1. The molecule has 3 rings (SSSR count). The van der Waals surface area contributed by atoms with Gasteiger partial charge in [-0.05, 0) is 42.0 Å². The zero-order chi connectivity index (χ0) is 14.8. The average molecular weight is 301 g/mol. The Balaban J connectivity index is 1.88. The molecular formula is C16H13ClN2O2. The highest BCUT2D eigenvalue weighted by molar-refractivity contribution is 6.35. The van der Waals surface area contributed by atoms with Gasteiger partial charge in [-0.3, -0.25) is 4.98 Å². The molecule has 0 atom stereocenters. The molecule has 3 aromatic rings. The molecule has 3 N–H and O–H groups in total. The van der Waals surface area contributed by atoms with E-state index >= 15 is 0 Å². The quantitative estimate of drug-likeness (QED) is 0.642. The summed E-state index contributed by atoms with van der Waals surface area (Å²) in [6.45, 7) is 0.513. The molecule has 4 nitrogen and oxygen atoms in total. The molecule has 5 heteroatoms. The monoisotopic (exact) mass is 300 g/mol. The number of fused-ring (bicyclic) bond motifs is 1. The number of hydrogen-bond acceptors (Lipinski definition) is 4. The highest BCUT2D eigenvalue weighted by atomic mass is 35.5. The summed E-state index contributed by atoms with van der Waals surface area (Å²) in [6, 6.07) is 12.2. The molecule has 0 spiro atoms. The van der Waals surface area contributed by atoms with Crippen molar-refractivity contribution in [2.75, 3.05) is 5.32 Å². The molecule has 0 saturated carbocycles. The van der Waals surface area contributed by atoms with E-state index in [1.165, 1.54) is 12.1 Å². The second-order valence-corrected chi connectivity index (χ2v) is 5.08. The molecule has 1 aromatic heterocycles.